The number of aromatic hydroxyl groups is 1. The molecule has 0 radical (unpaired) electrons. The third kappa shape index (κ3) is 3.75. The van der Waals surface area contributed by atoms with Gasteiger partial charge in [-0.2, -0.15) is 0 Å². The number of hydrogen-bond donors (Lipinski definition) is 2. The van der Waals surface area contributed by atoms with Gasteiger partial charge in [-0.3, -0.25) is 4.79 Å². The fraction of sp³-hybridized carbons (Fsp3) is 0.389. The van der Waals surface area contributed by atoms with Gasteiger partial charge in [0.1, 0.15) is 5.75 Å². The molecule has 0 spiro atoms. The van der Waals surface area contributed by atoms with E-state index in [4.69, 9.17) is 0 Å². The van der Waals surface area contributed by atoms with Crippen molar-refractivity contribution in [3.05, 3.63) is 42.0 Å². The molecule has 0 saturated heterocycles. The molecule has 3 nitrogen and oxygen atoms in total. The molecule has 0 bridgehead atoms. The van der Waals surface area contributed by atoms with Crippen LogP contribution in [0.4, 0.5) is 0 Å². The molecule has 0 saturated carbocycles. The SMILES string of the molecule is CCC(C)CC(C)NC(=O)c1cc2ccccc2cc1O. The minimum Gasteiger partial charge on any atom is -0.507 e. The highest BCUT2D eigenvalue weighted by atomic mass is 16.3. The Morgan fingerprint density at radius 1 is 1.19 bits per heavy atom. The van der Waals surface area contributed by atoms with Crippen LogP contribution in [0.1, 0.15) is 44.0 Å². The molecule has 0 fully saturated rings. The maximum Gasteiger partial charge on any atom is 0.255 e. The van der Waals surface area contributed by atoms with Crippen LogP contribution in [0.5, 0.6) is 5.75 Å². The zero-order valence-corrected chi connectivity index (χ0v) is 12.9. The number of rotatable bonds is 5. The van der Waals surface area contributed by atoms with E-state index in [-0.39, 0.29) is 17.7 Å². The minimum atomic E-state index is -0.214. The lowest BCUT2D eigenvalue weighted by atomic mass is 10.00. The molecule has 1 amide bonds. The Labute approximate surface area is 126 Å². The summed E-state index contributed by atoms with van der Waals surface area (Å²) < 4.78 is 0. The Hall–Kier alpha value is -2.03. The van der Waals surface area contributed by atoms with Gasteiger partial charge in [0.05, 0.1) is 5.56 Å². The number of phenols is 1. The summed E-state index contributed by atoms with van der Waals surface area (Å²) in [6.07, 6.45) is 2.04. The van der Waals surface area contributed by atoms with Crippen LogP contribution in [0.15, 0.2) is 36.4 Å². The molecule has 2 N–H and O–H groups in total. The van der Waals surface area contributed by atoms with Crippen LogP contribution >= 0.6 is 0 Å². The lowest BCUT2D eigenvalue weighted by Gasteiger charge is -2.18. The van der Waals surface area contributed by atoms with Crippen LogP contribution in [0.3, 0.4) is 0 Å². The van der Waals surface area contributed by atoms with E-state index in [9.17, 15) is 9.90 Å². The average molecular weight is 285 g/mol. The van der Waals surface area contributed by atoms with E-state index in [1.807, 2.05) is 31.2 Å². The molecule has 2 aromatic rings. The van der Waals surface area contributed by atoms with Crippen LogP contribution < -0.4 is 5.32 Å². The number of hydrogen-bond acceptors (Lipinski definition) is 2. The van der Waals surface area contributed by atoms with E-state index in [1.165, 1.54) is 0 Å². The average Bonchev–Trinajstić information content (AvgIpc) is 2.46. The van der Waals surface area contributed by atoms with Crippen molar-refractivity contribution in [2.75, 3.05) is 0 Å². The fourth-order valence-corrected chi connectivity index (χ4v) is 2.54. The summed E-state index contributed by atoms with van der Waals surface area (Å²) in [5, 5.41) is 14.9. The number of fused-ring (bicyclic) bond motifs is 1. The summed E-state index contributed by atoms with van der Waals surface area (Å²) in [4.78, 5) is 12.3. The minimum absolute atomic E-state index is 0.0296. The third-order valence-corrected chi connectivity index (χ3v) is 3.94. The number of carbonyl (C=O) groups is 1. The maximum atomic E-state index is 12.3. The quantitative estimate of drug-likeness (QED) is 0.869. The summed E-state index contributed by atoms with van der Waals surface area (Å²) in [7, 11) is 0. The normalized spacial score (nSPS) is 13.9. The van der Waals surface area contributed by atoms with Gasteiger partial charge in [0, 0.05) is 6.04 Å². The molecule has 2 aromatic carbocycles. The van der Waals surface area contributed by atoms with Crippen LogP contribution in [0.25, 0.3) is 10.8 Å². The molecular weight excluding hydrogens is 262 g/mol. The molecule has 0 aliphatic heterocycles. The standard InChI is InChI=1S/C18H23NO2/c1-4-12(2)9-13(3)19-18(21)16-10-14-7-5-6-8-15(14)11-17(16)20/h5-8,10-13,20H,4,9H2,1-3H3,(H,19,21). The first-order chi connectivity index (χ1) is 10.0. The summed E-state index contributed by atoms with van der Waals surface area (Å²) in [5.74, 6) is 0.390. The van der Waals surface area contributed by atoms with Crippen molar-refractivity contribution in [2.24, 2.45) is 5.92 Å². The maximum absolute atomic E-state index is 12.3. The highest BCUT2D eigenvalue weighted by Gasteiger charge is 2.15. The fourth-order valence-electron chi connectivity index (χ4n) is 2.54. The van der Waals surface area contributed by atoms with Crippen LogP contribution in [0, 0.1) is 5.92 Å². The van der Waals surface area contributed by atoms with E-state index in [1.54, 1.807) is 12.1 Å². The summed E-state index contributed by atoms with van der Waals surface area (Å²) in [5.41, 5.74) is 0.338. The van der Waals surface area contributed by atoms with E-state index in [0.717, 1.165) is 23.6 Å². The molecule has 2 rings (SSSR count). The van der Waals surface area contributed by atoms with E-state index >= 15 is 0 Å². The molecule has 2 atom stereocenters. The summed E-state index contributed by atoms with van der Waals surface area (Å²) in [6.45, 7) is 6.33. The van der Waals surface area contributed by atoms with Gasteiger partial charge in [-0.1, -0.05) is 44.5 Å². The van der Waals surface area contributed by atoms with Gasteiger partial charge in [0.2, 0.25) is 0 Å². The Balaban J connectivity index is 2.17. The highest BCUT2D eigenvalue weighted by Crippen LogP contribution is 2.25. The predicted octanol–water partition coefficient (Wildman–Crippen LogP) is 4.10. The first-order valence-electron chi connectivity index (χ1n) is 7.54. The van der Waals surface area contributed by atoms with Gasteiger partial charge in [-0.15, -0.1) is 0 Å². The molecule has 0 aromatic heterocycles. The van der Waals surface area contributed by atoms with Crippen molar-refractivity contribution in [3.8, 4) is 5.75 Å². The lowest BCUT2D eigenvalue weighted by molar-refractivity contribution is 0.0933. The third-order valence-electron chi connectivity index (χ3n) is 3.94. The number of benzene rings is 2. The van der Waals surface area contributed by atoms with Gasteiger partial charge < -0.3 is 10.4 Å². The van der Waals surface area contributed by atoms with Gasteiger partial charge in [0.15, 0.2) is 0 Å². The second-order valence-corrected chi connectivity index (χ2v) is 5.84. The molecule has 0 heterocycles. The number of carbonyl (C=O) groups excluding carboxylic acids is 1. The van der Waals surface area contributed by atoms with Crippen molar-refractivity contribution in [1.29, 1.82) is 0 Å². The molecule has 21 heavy (non-hydrogen) atoms. The Kier molecular flexibility index (Phi) is 4.84. The smallest absolute Gasteiger partial charge is 0.255 e. The van der Waals surface area contributed by atoms with E-state index in [2.05, 4.69) is 19.2 Å². The van der Waals surface area contributed by atoms with Crippen molar-refractivity contribution < 1.29 is 9.90 Å². The van der Waals surface area contributed by atoms with Gasteiger partial charge in [-0.25, -0.2) is 0 Å². The van der Waals surface area contributed by atoms with Crippen molar-refractivity contribution in [2.45, 2.75) is 39.7 Å². The monoisotopic (exact) mass is 285 g/mol. The highest BCUT2D eigenvalue weighted by molar-refractivity contribution is 6.01. The molecule has 0 aliphatic rings. The zero-order valence-electron chi connectivity index (χ0n) is 12.9. The molecule has 112 valence electrons. The molecular formula is C18H23NO2. The zero-order chi connectivity index (χ0) is 15.4. The predicted molar refractivity (Wildman–Crippen MR) is 86.6 cm³/mol. The lowest BCUT2D eigenvalue weighted by Crippen LogP contribution is -2.33. The van der Waals surface area contributed by atoms with Crippen LogP contribution in [-0.4, -0.2) is 17.1 Å². The second-order valence-electron chi connectivity index (χ2n) is 5.84. The summed E-state index contributed by atoms with van der Waals surface area (Å²) in [6, 6.07) is 11.2. The topological polar surface area (TPSA) is 49.3 Å². The molecule has 2 unspecified atom stereocenters. The summed E-state index contributed by atoms with van der Waals surface area (Å²) >= 11 is 0. The van der Waals surface area contributed by atoms with E-state index in [0.29, 0.717) is 11.5 Å². The number of phenolic OH excluding ortho intramolecular Hbond substituents is 1. The number of nitrogens with one attached hydrogen (secondary N) is 1. The van der Waals surface area contributed by atoms with Gasteiger partial charge in [0.25, 0.3) is 5.91 Å². The Morgan fingerprint density at radius 2 is 1.81 bits per heavy atom. The molecule has 0 aliphatic carbocycles. The van der Waals surface area contributed by atoms with Gasteiger partial charge in [-0.05, 0) is 42.2 Å². The van der Waals surface area contributed by atoms with Gasteiger partial charge >= 0.3 is 0 Å². The first-order valence-corrected chi connectivity index (χ1v) is 7.54. The molecule has 3 heteroatoms. The first kappa shape index (κ1) is 15.4. The van der Waals surface area contributed by atoms with Crippen molar-refractivity contribution in [3.63, 3.8) is 0 Å². The van der Waals surface area contributed by atoms with E-state index < -0.39 is 0 Å². The Morgan fingerprint density at radius 3 is 2.43 bits per heavy atom. The number of amides is 1. The largest absolute Gasteiger partial charge is 0.507 e. The van der Waals surface area contributed by atoms with Crippen molar-refractivity contribution in [1.82, 2.24) is 5.32 Å². The Bertz CT molecular complexity index is 636. The second kappa shape index (κ2) is 6.61. The van der Waals surface area contributed by atoms with Crippen molar-refractivity contribution >= 4 is 16.7 Å². The van der Waals surface area contributed by atoms with Crippen LogP contribution in [0.2, 0.25) is 0 Å². The van der Waals surface area contributed by atoms with Crippen LogP contribution in [-0.2, 0) is 0 Å².